The molecular formula is C23H34O5. The lowest BCUT2D eigenvalue weighted by molar-refractivity contribution is -0.161. The van der Waals surface area contributed by atoms with E-state index in [2.05, 4.69) is 20.8 Å². The molecule has 0 bridgehead atoms. The van der Waals surface area contributed by atoms with Crippen molar-refractivity contribution >= 4 is 18.0 Å². The summed E-state index contributed by atoms with van der Waals surface area (Å²) in [7, 11) is 0. The van der Waals surface area contributed by atoms with Crippen molar-refractivity contribution in [1.29, 1.82) is 0 Å². The van der Waals surface area contributed by atoms with Gasteiger partial charge in [-0.15, -0.1) is 0 Å². The number of fused-ring (bicyclic) bond motifs is 5. The van der Waals surface area contributed by atoms with Crippen LogP contribution >= 0.6 is 0 Å². The zero-order chi connectivity index (χ0) is 20.9. The van der Waals surface area contributed by atoms with Gasteiger partial charge in [0.15, 0.2) is 11.6 Å². The van der Waals surface area contributed by atoms with Gasteiger partial charge in [0.25, 0.3) is 6.47 Å². The van der Waals surface area contributed by atoms with Crippen LogP contribution in [-0.2, 0) is 14.4 Å². The third kappa shape index (κ3) is 2.80. The second-order valence-corrected chi connectivity index (χ2v) is 10.0. The highest BCUT2D eigenvalue weighted by atomic mass is 16.3. The largest absolute Gasteiger partial charge is 0.483 e. The van der Waals surface area contributed by atoms with Gasteiger partial charge >= 0.3 is 0 Å². The van der Waals surface area contributed by atoms with Gasteiger partial charge in [-0.05, 0) is 80.6 Å². The van der Waals surface area contributed by atoms with E-state index in [0.717, 1.165) is 32.1 Å². The molecule has 0 amide bonds. The number of hydrogen-bond donors (Lipinski definition) is 2. The smallest absolute Gasteiger partial charge is 0.290 e. The van der Waals surface area contributed by atoms with E-state index in [4.69, 9.17) is 9.90 Å². The van der Waals surface area contributed by atoms with Crippen LogP contribution in [0.5, 0.6) is 0 Å². The number of hydrogen-bond acceptors (Lipinski definition) is 4. The number of ketones is 2. The van der Waals surface area contributed by atoms with Crippen molar-refractivity contribution in [1.82, 2.24) is 0 Å². The molecule has 0 unspecified atom stereocenters. The Morgan fingerprint density at radius 1 is 1.18 bits per heavy atom. The maximum absolute atomic E-state index is 12.3. The molecule has 2 N–H and O–H groups in total. The number of aliphatic hydroxyl groups is 1. The molecular weight excluding hydrogens is 356 g/mol. The minimum atomic E-state index is -1.13. The van der Waals surface area contributed by atoms with E-state index in [1.54, 1.807) is 6.92 Å². The fourth-order valence-corrected chi connectivity index (χ4v) is 7.58. The molecule has 0 aliphatic heterocycles. The fourth-order valence-electron chi connectivity index (χ4n) is 7.58. The van der Waals surface area contributed by atoms with E-state index in [9.17, 15) is 14.7 Å². The molecule has 4 rings (SSSR count). The molecule has 4 aliphatic carbocycles. The summed E-state index contributed by atoms with van der Waals surface area (Å²) < 4.78 is 0. The predicted octanol–water partition coefficient (Wildman–Crippen LogP) is 3.79. The highest BCUT2D eigenvalue weighted by Gasteiger charge is 2.66. The second-order valence-electron chi connectivity index (χ2n) is 10.0. The Balaban J connectivity index is 0.000000706. The van der Waals surface area contributed by atoms with Crippen LogP contribution in [0.25, 0.3) is 0 Å². The predicted molar refractivity (Wildman–Crippen MR) is 106 cm³/mol. The van der Waals surface area contributed by atoms with Gasteiger partial charge in [-0.2, -0.15) is 0 Å². The van der Waals surface area contributed by atoms with Crippen LogP contribution in [0.3, 0.4) is 0 Å². The first kappa shape index (κ1) is 21.2. The Kier molecular flexibility index (Phi) is 5.37. The van der Waals surface area contributed by atoms with Gasteiger partial charge in [0.2, 0.25) is 0 Å². The number of rotatable bonds is 1. The Morgan fingerprint density at radius 2 is 1.79 bits per heavy atom. The van der Waals surface area contributed by atoms with Crippen molar-refractivity contribution in [2.24, 2.45) is 34.5 Å². The van der Waals surface area contributed by atoms with Crippen molar-refractivity contribution in [3.63, 3.8) is 0 Å². The fraction of sp³-hybridized carbons (Fsp3) is 0.783. The van der Waals surface area contributed by atoms with Crippen molar-refractivity contribution in [3.05, 3.63) is 11.6 Å². The first-order chi connectivity index (χ1) is 13.0. The monoisotopic (exact) mass is 390 g/mol. The molecule has 5 nitrogen and oxygen atoms in total. The minimum absolute atomic E-state index is 0.0464. The number of Topliss-reactive ketones (excluding diaryl/α,β-unsaturated/α-hetero) is 1. The molecule has 0 aromatic heterocycles. The van der Waals surface area contributed by atoms with Gasteiger partial charge in [0.05, 0.1) is 0 Å². The summed E-state index contributed by atoms with van der Waals surface area (Å²) in [6.07, 6.45) is 8.31. The molecule has 0 heterocycles. The molecule has 156 valence electrons. The molecule has 28 heavy (non-hydrogen) atoms. The molecule has 0 radical (unpaired) electrons. The summed E-state index contributed by atoms with van der Waals surface area (Å²) >= 11 is 0. The van der Waals surface area contributed by atoms with Crippen LogP contribution in [0.15, 0.2) is 11.6 Å². The lowest BCUT2D eigenvalue weighted by Crippen LogP contribution is -2.57. The van der Waals surface area contributed by atoms with Gasteiger partial charge in [0.1, 0.15) is 5.60 Å². The number of carbonyl (C=O) groups excluding carboxylic acids is 2. The van der Waals surface area contributed by atoms with Crippen molar-refractivity contribution in [3.8, 4) is 0 Å². The van der Waals surface area contributed by atoms with Crippen LogP contribution in [-0.4, -0.2) is 33.9 Å². The van der Waals surface area contributed by atoms with Crippen LogP contribution in [0.4, 0.5) is 0 Å². The molecule has 0 aromatic carbocycles. The van der Waals surface area contributed by atoms with E-state index in [1.165, 1.54) is 5.57 Å². The zero-order valence-corrected chi connectivity index (χ0v) is 17.5. The summed E-state index contributed by atoms with van der Waals surface area (Å²) in [6, 6.07) is 0. The molecule has 7 atom stereocenters. The standard InChI is InChI=1S/C22H32O3.CH2O2/c1-13-11-16-17(20(3)8-5-15(24)12-19(13)20)6-9-21(4)18(16)7-10-22(21,25)14(2)23;2-1-3/h12-13,16-18,25H,5-11H2,1-4H3;1H,(H,2,3)/t13-,16+,17-,18-,20+,21-,22-;/m0./s1. The first-order valence-electron chi connectivity index (χ1n) is 10.6. The summed E-state index contributed by atoms with van der Waals surface area (Å²) in [6.45, 7) is 8.15. The van der Waals surface area contributed by atoms with Crippen molar-refractivity contribution < 1.29 is 24.6 Å². The van der Waals surface area contributed by atoms with Gasteiger partial charge in [-0.3, -0.25) is 14.4 Å². The lowest BCUT2D eigenvalue weighted by Gasteiger charge is -2.60. The average Bonchev–Trinajstić information content (AvgIpc) is 2.90. The molecule has 0 saturated heterocycles. The van der Waals surface area contributed by atoms with Crippen molar-refractivity contribution in [2.45, 2.75) is 78.2 Å². The third-order valence-electron chi connectivity index (χ3n) is 9.01. The van der Waals surface area contributed by atoms with Crippen LogP contribution in [0.1, 0.15) is 72.6 Å². The Morgan fingerprint density at radius 3 is 2.39 bits per heavy atom. The van der Waals surface area contributed by atoms with Crippen LogP contribution in [0, 0.1) is 34.5 Å². The van der Waals surface area contributed by atoms with E-state index in [1.807, 2.05) is 6.08 Å². The van der Waals surface area contributed by atoms with E-state index < -0.39 is 5.60 Å². The Labute approximate surface area is 167 Å². The van der Waals surface area contributed by atoms with E-state index >= 15 is 0 Å². The van der Waals surface area contributed by atoms with E-state index in [-0.39, 0.29) is 23.1 Å². The SMILES string of the molecule is CC(=O)[C@@]1(O)CC[C@H]2[C@@H]3C[C@H](C)C4=CC(=O)CC[C@]4(C)[C@H]3CC[C@@]21C.O=CO. The molecule has 3 fully saturated rings. The normalized spacial score (nSPS) is 46.9. The summed E-state index contributed by atoms with van der Waals surface area (Å²) in [4.78, 5) is 32.7. The van der Waals surface area contributed by atoms with Gasteiger partial charge in [-0.1, -0.05) is 26.3 Å². The number of allylic oxidation sites excluding steroid dienone is 1. The zero-order valence-electron chi connectivity index (χ0n) is 17.5. The van der Waals surface area contributed by atoms with Crippen LogP contribution in [0.2, 0.25) is 0 Å². The van der Waals surface area contributed by atoms with Gasteiger partial charge < -0.3 is 10.2 Å². The molecule has 4 aliphatic rings. The average molecular weight is 391 g/mol. The molecule has 5 heteroatoms. The summed E-state index contributed by atoms with van der Waals surface area (Å²) in [5.74, 6) is 2.27. The third-order valence-corrected chi connectivity index (χ3v) is 9.01. The van der Waals surface area contributed by atoms with Crippen LogP contribution < -0.4 is 0 Å². The summed E-state index contributed by atoms with van der Waals surface area (Å²) in [5, 5.41) is 18.1. The summed E-state index contributed by atoms with van der Waals surface area (Å²) in [5.41, 5.74) is 0.107. The maximum Gasteiger partial charge on any atom is 0.290 e. The van der Waals surface area contributed by atoms with Gasteiger partial charge in [0, 0.05) is 11.8 Å². The highest BCUT2D eigenvalue weighted by molar-refractivity contribution is 5.91. The number of carbonyl (C=O) groups is 3. The minimum Gasteiger partial charge on any atom is -0.483 e. The number of carboxylic acid groups (broad SMARTS) is 1. The lowest BCUT2D eigenvalue weighted by atomic mass is 9.45. The highest BCUT2D eigenvalue weighted by Crippen LogP contribution is 2.68. The topological polar surface area (TPSA) is 91.7 Å². The molecule has 0 spiro atoms. The Hall–Kier alpha value is -1.49. The Bertz CT molecular complexity index is 712. The van der Waals surface area contributed by atoms with E-state index in [0.29, 0.717) is 42.3 Å². The molecule has 3 saturated carbocycles. The van der Waals surface area contributed by atoms with Crippen molar-refractivity contribution in [2.75, 3.05) is 0 Å². The van der Waals surface area contributed by atoms with Gasteiger partial charge in [-0.25, -0.2) is 0 Å². The maximum atomic E-state index is 12.3. The first-order valence-corrected chi connectivity index (χ1v) is 10.6. The second kappa shape index (κ2) is 7.08. The quantitative estimate of drug-likeness (QED) is 0.665. The molecule has 0 aromatic rings.